The quantitative estimate of drug-likeness (QED) is 0.850. The van der Waals surface area contributed by atoms with Gasteiger partial charge >= 0.3 is 6.03 Å². The third kappa shape index (κ3) is 3.72. The summed E-state index contributed by atoms with van der Waals surface area (Å²) in [6, 6.07) is 12.4. The molecule has 0 aliphatic carbocycles. The zero-order valence-corrected chi connectivity index (χ0v) is 15.4. The Morgan fingerprint density at radius 1 is 1.00 bits per heavy atom. The monoisotopic (exact) mass is 369 g/mol. The van der Waals surface area contributed by atoms with Crippen LogP contribution in [0.15, 0.2) is 42.5 Å². The normalized spacial score (nSPS) is 17.7. The largest absolute Gasteiger partial charge is 0.508 e. The van der Waals surface area contributed by atoms with Crippen LogP contribution in [0.2, 0.25) is 0 Å². The van der Waals surface area contributed by atoms with Crippen LogP contribution in [0.4, 0.5) is 16.2 Å². The van der Waals surface area contributed by atoms with E-state index in [1.165, 1.54) is 0 Å². The highest BCUT2D eigenvalue weighted by Gasteiger charge is 2.32. The number of ether oxygens (including phenoxy) is 2. The molecule has 2 N–H and O–H groups in total. The number of hydrogen-bond donors (Lipinski definition) is 2. The molecule has 142 valence electrons. The van der Waals surface area contributed by atoms with Crippen LogP contribution in [0.3, 0.4) is 0 Å². The molecule has 27 heavy (non-hydrogen) atoms. The number of rotatable bonds is 2. The first-order valence-corrected chi connectivity index (χ1v) is 9.02. The Morgan fingerprint density at radius 2 is 1.67 bits per heavy atom. The van der Waals surface area contributed by atoms with E-state index in [0.29, 0.717) is 30.3 Å². The molecule has 4 rings (SSSR count). The summed E-state index contributed by atoms with van der Waals surface area (Å²) < 4.78 is 11.4. The first-order chi connectivity index (χ1) is 12.9. The second-order valence-electron chi connectivity index (χ2n) is 7.19. The first kappa shape index (κ1) is 17.3. The molecule has 2 aliphatic heterocycles. The number of aromatic hydroxyl groups is 1. The van der Waals surface area contributed by atoms with Crippen molar-refractivity contribution in [1.82, 2.24) is 4.90 Å². The minimum Gasteiger partial charge on any atom is -0.508 e. The van der Waals surface area contributed by atoms with Crippen LogP contribution in [0, 0.1) is 0 Å². The molecular weight excluding hydrogens is 346 g/mol. The van der Waals surface area contributed by atoms with Crippen LogP contribution in [0.5, 0.6) is 17.2 Å². The number of phenols is 1. The van der Waals surface area contributed by atoms with E-state index in [4.69, 9.17) is 9.47 Å². The van der Waals surface area contributed by atoms with Crippen molar-refractivity contribution in [2.24, 2.45) is 0 Å². The molecule has 7 heteroatoms. The van der Waals surface area contributed by atoms with Crippen molar-refractivity contribution in [2.75, 3.05) is 36.4 Å². The first-order valence-electron chi connectivity index (χ1n) is 9.02. The maximum absolute atomic E-state index is 12.6. The van der Waals surface area contributed by atoms with Gasteiger partial charge in [0.25, 0.3) is 0 Å². The molecule has 1 fully saturated rings. The molecule has 2 amide bonds. The Hall–Kier alpha value is -3.09. The number of nitrogens with zero attached hydrogens (tertiary/aromatic N) is 2. The summed E-state index contributed by atoms with van der Waals surface area (Å²) in [7, 11) is 0. The van der Waals surface area contributed by atoms with Crippen LogP contribution in [-0.2, 0) is 0 Å². The van der Waals surface area contributed by atoms with Gasteiger partial charge in [-0.15, -0.1) is 0 Å². The summed E-state index contributed by atoms with van der Waals surface area (Å²) in [5.74, 6) is 0.884. The van der Waals surface area contributed by atoms with Gasteiger partial charge in [-0.25, -0.2) is 4.79 Å². The number of carbonyl (C=O) groups is 1. The highest BCUT2D eigenvalue weighted by atomic mass is 16.7. The van der Waals surface area contributed by atoms with E-state index in [-0.39, 0.29) is 11.8 Å². The Kier molecular flexibility index (Phi) is 4.22. The van der Waals surface area contributed by atoms with E-state index < -0.39 is 5.79 Å². The number of carbonyl (C=O) groups excluding carboxylic acids is 1. The van der Waals surface area contributed by atoms with Crippen molar-refractivity contribution in [1.29, 1.82) is 0 Å². The number of fused-ring (bicyclic) bond motifs is 1. The van der Waals surface area contributed by atoms with Crippen molar-refractivity contribution in [3.05, 3.63) is 42.5 Å². The summed E-state index contributed by atoms with van der Waals surface area (Å²) in [6.45, 7) is 6.44. The number of urea groups is 1. The smallest absolute Gasteiger partial charge is 0.321 e. The lowest BCUT2D eigenvalue weighted by Crippen LogP contribution is -2.50. The summed E-state index contributed by atoms with van der Waals surface area (Å²) in [6.07, 6.45) is 0. The van der Waals surface area contributed by atoms with Gasteiger partial charge in [-0.3, -0.25) is 0 Å². The highest BCUT2D eigenvalue weighted by molar-refractivity contribution is 5.90. The molecule has 0 bridgehead atoms. The summed E-state index contributed by atoms with van der Waals surface area (Å²) in [5.41, 5.74) is 1.73. The number of anilines is 2. The molecule has 2 heterocycles. The molecule has 2 aliphatic rings. The summed E-state index contributed by atoms with van der Waals surface area (Å²) >= 11 is 0. The van der Waals surface area contributed by atoms with E-state index in [2.05, 4.69) is 10.2 Å². The predicted molar refractivity (Wildman–Crippen MR) is 103 cm³/mol. The minimum absolute atomic E-state index is 0.126. The average molecular weight is 369 g/mol. The molecule has 7 nitrogen and oxygen atoms in total. The number of amides is 2. The van der Waals surface area contributed by atoms with Crippen LogP contribution >= 0.6 is 0 Å². The topological polar surface area (TPSA) is 74.3 Å². The lowest BCUT2D eigenvalue weighted by molar-refractivity contribution is -0.0431. The number of phenolic OH excluding ortho intramolecular Hbond substituents is 1. The number of nitrogens with one attached hydrogen (secondary N) is 1. The molecular formula is C20H23N3O4. The van der Waals surface area contributed by atoms with Gasteiger partial charge in [0.2, 0.25) is 5.79 Å². The molecule has 0 saturated carbocycles. The van der Waals surface area contributed by atoms with Crippen molar-refractivity contribution in [2.45, 2.75) is 19.6 Å². The lowest BCUT2D eigenvalue weighted by Gasteiger charge is -2.36. The Bertz CT molecular complexity index is 843. The molecule has 0 atom stereocenters. The van der Waals surface area contributed by atoms with Gasteiger partial charge in [-0.05, 0) is 36.4 Å². The molecule has 0 radical (unpaired) electrons. The van der Waals surface area contributed by atoms with Crippen LogP contribution in [0.1, 0.15) is 13.8 Å². The Morgan fingerprint density at radius 3 is 2.37 bits per heavy atom. The summed E-state index contributed by atoms with van der Waals surface area (Å²) in [4.78, 5) is 16.6. The van der Waals surface area contributed by atoms with Gasteiger partial charge in [0.15, 0.2) is 11.5 Å². The second-order valence-corrected chi connectivity index (χ2v) is 7.19. The van der Waals surface area contributed by atoms with Gasteiger partial charge < -0.3 is 29.7 Å². The standard InChI is InChI=1S/C20H23N3O4/c1-20(2)26-17-8-3-14(13-18(17)27-20)21-19(25)23-11-9-22(10-12-23)15-4-6-16(24)7-5-15/h3-8,13,24H,9-12H2,1-2H3,(H,21,25). The maximum Gasteiger partial charge on any atom is 0.321 e. The van der Waals surface area contributed by atoms with Crippen molar-refractivity contribution >= 4 is 17.4 Å². The molecule has 0 aromatic heterocycles. The SMILES string of the molecule is CC1(C)Oc2ccc(NC(=O)N3CCN(c4ccc(O)cc4)CC3)cc2O1. The van der Waals surface area contributed by atoms with Gasteiger partial charge in [0.05, 0.1) is 0 Å². The van der Waals surface area contributed by atoms with Crippen LogP contribution in [-0.4, -0.2) is 48.0 Å². The minimum atomic E-state index is -0.685. The number of benzene rings is 2. The Balaban J connectivity index is 1.34. The van der Waals surface area contributed by atoms with Crippen molar-refractivity contribution in [3.8, 4) is 17.2 Å². The fourth-order valence-electron chi connectivity index (χ4n) is 3.33. The number of hydrogen-bond acceptors (Lipinski definition) is 5. The number of piperazine rings is 1. The van der Waals surface area contributed by atoms with E-state index in [0.717, 1.165) is 18.8 Å². The third-order valence-electron chi connectivity index (χ3n) is 4.69. The molecule has 0 spiro atoms. The zero-order chi connectivity index (χ0) is 19.0. The maximum atomic E-state index is 12.6. The zero-order valence-electron chi connectivity index (χ0n) is 15.4. The molecule has 0 unspecified atom stereocenters. The predicted octanol–water partition coefficient (Wildman–Crippen LogP) is 3.25. The van der Waals surface area contributed by atoms with Gasteiger partial charge in [-0.2, -0.15) is 0 Å². The third-order valence-corrected chi connectivity index (χ3v) is 4.69. The van der Waals surface area contributed by atoms with E-state index in [1.54, 1.807) is 23.1 Å². The molecule has 2 aromatic rings. The van der Waals surface area contributed by atoms with Crippen LogP contribution in [0.25, 0.3) is 0 Å². The molecule has 2 aromatic carbocycles. The fourth-order valence-corrected chi connectivity index (χ4v) is 3.33. The van der Waals surface area contributed by atoms with E-state index >= 15 is 0 Å². The average Bonchev–Trinajstić information content (AvgIpc) is 2.95. The fraction of sp³-hybridized carbons (Fsp3) is 0.350. The van der Waals surface area contributed by atoms with E-state index in [1.807, 2.05) is 38.1 Å². The van der Waals surface area contributed by atoms with Gasteiger partial charge in [0, 0.05) is 57.5 Å². The van der Waals surface area contributed by atoms with Crippen molar-refractivity contribution in [3.63, 3.8) is 0 Å². The lowest BCUT2D eigenvalue weighted by atomic mass is 10.2. The van der Waals surface area contributed by atoms with Crippen molar-refractivity contribution < 1.29 is 19.4 Å². The Labute approximate surface area is 158 Å². The second kappa shape index (κ2) is 6.57. The van der Waals surface area contributed by atoms with Gasteiger partial charge in [-0.1, -0.05) is 0 Å². The molecule has 1 saturated heterocycles. The van der Waals surface area contributed by atoms with Crippen LogP contribution < -0.4 is 19.7 Å². The highest BCUT2D eigenvalue weighted by Crippen LogP contribution is 2.40. The van der Waals surface area contributed by atoms with Gasteiger partial charge in [0.1, 0.15) is 5.75 Å². The van der Waals surface area contributed by atoms with E-state index in [9.17, 15) is 9.90 Å². The summed E-state index contributed by atoms with van der Waals surface area (Å²) in [5, 5.41) is 12.3.